The minimum absolute atomic E-state index is 0.108. The van der Waals surface area contributed by atoms with Crippen molar-refractivity contribution in [1.82, 2.24) is 4.90 Å². The molecule has 3 nitrogen and oxygen atoms in total. The van der Waals surface area contributed by atoms with Crippen LogP contribution in [0.15, 0.2) is 0 Å². The Bertz CT molecular complexity index is 194. The van der Waals surface area contributed by atoms with Crippen molar-refractivity contribution < 1.29 is 9.90 Å². The van der Waals surface area contributed by atoms with Crippen molar-refractivity contribution >= 4 is 5.97 Å². The van der Waals surface area contributed by atoms with E-state index in [1.807, 2.05) is 0 Å². The molecule has 3 heteroatoms. The number of carboxylic acid groups (broad SMARTS) is 1. The van der Waals surface area contributed by atoms with Gasteiger partial charge in [0, 0.05) is 6.04 Å². The number of carboxylic acids is 1. The lowest BCUT2D eigenvalue weighted by Gasteiger charge is -2.36. The molecule has 0 aliphatic carbocycles. The number of aliphatic carboxylic acids is 1. The zero-order valence-electron chi connectivity index (χ0n) is 9.20. The second kappa shape index (κ2) is 5.35. The van der Waals surface area contributed by atoms with Gasteiger partial charge in [-0.05, 0) is 39.3 Å². The van der Waals surface area contributed by atoms with Gasteiger partial charge in [-0.2, -0.15) is 0 Å². The van der Waals surface area contributed by atoms with E-state index in [0.717, 1.165) is 25.9 Å². The summed E-state index contributed by atoms with van der Waals surface area (Å²) in [5, 5.41) is 8.90. The van der Waals surface area contributed by atoms with Gasteiger partial charge >= 0.3 is 5.97 Å². The van der Waals surface area contributed by atoms with Crippen LogP contribution in [0.4, 0.5) is 0 Å². The van der Waals surface area contributed by atoms with E-state index in [9.17, 15) is 4.79 Å². The summed E-state index contributed by atoms with van der Waals surface area (Å²) in [4.78, 5) is 13.2. The number of hydrogen-bond donors (Lipinski definition) is 1. The predicted octanol–water partition coefficient (Wildman–Crippen LogP) is 1.97. The molecule has 2 atom stereocenters. The van der Waals surface area contributed by atoms with Crippen molar-refractivity contribution in [1.29, 1.82) is 0 Å². The second-order valence-electron chi connectivity index (χ2n) is 4.30. The summed E-state index contributed by atoms with van der Waals surface area (Å²) < 4.78 is 0. The van der Waals surface area contributed by atoms with Crippen LogP contribution in [0.1, 0.15) is 39.5 Å². The molecule has 1 rings (SSSR count). The highest BCUT2D eigenvalue weighted by atomic mass is 16.4. The molecule has 0 spiro atoms. The topological polar surface area (TPSA) is 40.5 Å². The molecule has 14 heavy (non-hydrogen) atoms. The number of nitrogens with zero attached hydrogens (tertiary/aromatic N) is 1. The Kier molecular flexibility index (Phi) is 4.39. The van der Waals surface area contributed by atoms with E-state index >= 15 is 0 Å². The third-order valence-electron chi connectivity index (χ3n) is 3.16. The first kappa shape index (κ1) is 11.5. The molecular formula is C11H21NO2. The summed E-state index contributed by atoms with van der Waals surface area (Å²) in [5.74, 6) is -0.727. The third-order valence-corrected chi connectivity index (χ3v) is 3.16. The standard InChI is InChI=1S/C11H21NO2/c1-3-4-6-12-7-5-10(11(13)14)8-9(12)2/h9-10H,3-8H2,1-2H3,(H,13,14). The van der Waals surface area contributed by atoms with E-state index in [0.29, 0.717) is 6.04 Å². The van der Waals surface area contributed by atoms with Crippen LogP contribution >= 0.6 is 0 Å². The molecule has 0 aromatic rings. The van der Waals surface area contributed by atoms with Crippen LogP contribution < -0.4 is 0 Å². The van der Waals surface area contributed by atoms with Gasteiger partial charge in [-0.25, -0.2) is 0 Å². The lowest BCUT2D eigenvalue weighted by molar-refractivity contribution is -0.144. The molecule has 1 fully saturated rings. The Hall–Kier alpha value is -0.570. The van der Waals surface area contributed by atoms with Crippen LogP contribution in [-0.2, 0) is 4.79 Å². The van der Waals surface area contributed by atoms with Crippen LogP contribution in [0.25, 0.3) is 0 Å². The van der Waals surface area contributed by atoms with Crippen LogP contribution in [0.2, 0.25) is 0 Å². The maximum atomic E-state index is 10.8. The van der Waals surface area contributed by atoms with E-state index in [4.69, 9.17) is 5.11 Å². The Morgan fingerprint density at radius 3 is 2.79 bits per heavy atom. The van der Waals surface area contributed by atoms with Crippen molar-refractivity contribution in [2.24, 2.45) is 5.92 Å². The summed E-state index contributed by atoms with van der Waals surface area (Å²) in [6.07, 6.45) is 4.08. The van der Waals surface area contributed by atoms with E-state index < -0.39 is 5.97 Å². The van der Waals surface area contributed by atoms with Gasteiger partial charge in [-0.3, -0.25) is 4.79 Å². The van der Waals surface area contributed by atoms with Gasteiger partial charge in [0.2, 0.25) is 0 Å². The Labute approximate surface area is 86.1 Å². The molecule has 1 saturated heterocycles. The first-order chi connectivity index (χ1) is 6.65. The first-order valence-electron chi connectivity index (χ1n) is 5.62. The molecule has 0 aromatic carbocycles. The number of unbranched alkanes of at least 4 members (excludes halogenated alkanes) is 1. The van der Waals surface area contributed by atoms with E-state index in [1.165, 1.54) is 12.8 Å². The number of piperidine rings is 1. The fraction of sp³-hybridized carbons (Fsp3) is 0.909. The number of rotatable bonds is 4. The molecule has 1 aliphatic rings. The molecule has 1 N–H and O–H groups in total. The maximum Gasteiger partial charge on any atom is 0.306 e. The average molecular weight is 199 g/mol. The van der Waals surface area contributed by atoms with Crippen molar-refractivity contribution in [2.45, 2.75) is 45.6 Å². The van der Waals surface area contributed by atoms with Crippen molar-refractivity contribution in [3.63, 3.8) is 0 Å². The number of carbonyl (C=O) groups is 1. The van der Waals surface area contributed by atoms with Crippen molar-refractivity contribution in [3.05, 3.63) is 0 Å². The van der Waals surface area contributed by atoms with E-state index in [1.54, 1.807) is 0 Å². The molecule has 1 aliphatic heterocycles. The monoisotopic (exact) mass is 199 g/mol. The van der Waals surface area contributed by atoms with Gasteiger partial charge in [0.05, 0.1) is 5.92 Å². The zero-order chi connectivity index (χ0) is 10.6. The van der Waals surface area contributed by atoms with E-state index in [2.05, 4.69) is 18.7 Å². The second-order valence-corrected chi connectivity index (χ2v) is 4.30. The largest absolute Gasteiger partial charge is 0.481 e. The normalized spacial score (nSPS) is 29.0. The van der Waals surface area contributed by atoms with Gasteiger partial charge in [0.15, 0.2) is 0 Å². The quantitative estimate of drug-likeness (QED) is 0.752. The molecule has 82 valence electrons. The summed E-state index contributed by atoms with van der Waals surface area (Å²) in [5.41, 5.74) is 0. The Morgan fingerprint density at radius 2 is 2.29 bits per heavy atom. The van der Waals surface area contributed by atoms with Gasteiger partial charge in [-0.15, -0.1) is 0 Å². The minimum atomic E-state index is -0.619. The summed E-state index contributed by atoms with van der Waals surface area (Å²) in [6, 6.07) is 0.441. The molecular weight excluding hydrogens is 178 g/mol. The first-order valence-corrected chi connectivity index (χ1v) is 5.62. The SMILES string of the molecule is CCCCN1CCC(C(=O)O)CC1C. The third kappa shape index (κ3) is 2.98. The average Bonchev–Trinajstić information content (AvgIpc) is 2.15. The van der Waals surface area contributed by atoms with Gasteiger partial charge in [0.25, 0.3) is 0 Å². The number of likely N-dealkylation sites (tertiary alicyclic amines) is 1. The van der Waals surface area contributed by atoms with Gasteiger partial charge in [0.1, 0.15) is 0 Å². The fourth-order valence-corrected chi connectivity index (χ4v) is 2.14. The zero-order valence-corrected chi connectivity index (χ0v) is 9.20. The molecule has 0 bridgehead atoms. The smallest absolute Gasteiger partial charge is 0.306 e. The van der Waals surface area contributed by atoms with Crippen LogP contribution in [-0.4, -0.2) is 35.1 Å². The van der Waals surface area contributed by atoms with Gasteiger partial charge in [-0.1, -0.05) is 13.3 Å². The van der Waals surface area contributed by atoms with Crippen molar-refractivity contribution in [3.8, 4) is 0 Å². The molecule has 0 radical (unpaired) electrons. The van der Waals surface area contributed by atoms with Crippen LogP contribution in [0, 0.1) is 5.92 Å². The maximum absolute atomic E-state index is 10.8. The van der Waals surface area contributed by atoms with E-state index in [-0.39, 0.29) is 5.92 Å². The lowest BCUT2D eigenvalue weighted by Crippen LogP contribution is -2.43. The highest BCUT2D eigenvalue weighted by molar-refractivity contribution is 5.70. The van der Waals surface area contributed by atoms with Crippen LogP contribution in [0.3, 0.4) is 0 Å². The Balaban J connectivity index is 2.35. The molecule has 0 amide bonds. The molecule has 0 saturated carbocycles. The molecule has 0 aromatic heterocycles. The highest BCUT2D eigenvalue weighted by Gasteiger charge is 2.28. The van der Waals surface area contributed by atoms with Crippen molar-refractivity contribution in [2.75, 3.05) is 13.1 Å². The predicted molar refractivity (Wildman–Crippen MR) is 56.3 cm³/mol. The molecule has 1 heterocycles. The minimum Gasteiger partial charge on any atom is -0.481 e. The molecule has 2 unspecified atom stereocenters. The number of hydrogen-bond acceptors (Lipinski definition) is 2. The summed E-state index contributed by atoms with van der Waals surface area (Å²) >= 11 is 0. The van der Waals surface area contributed by atoms with Crippen LogP contribution in [0.5, 0.6) is 0 Å². The summed E-state index contributed by atoms with van der Waals surface area (Å²) in [6.45, 7) is 6.42. The fourth-order valence-electron chi connectivity index (χ4n) is 2.14. The van der Waals surface area contributed by atoms with Gasteiger partial charge < -0.3 is 10.0 Å². The highest BCUT2D eigenvalue weighted by Crippen LogP contribution is 2.23. The lowest BCUT2D eigenvalue weighted by atomic mass is 9.91. The Morgan fingerprint density at radius 1 is 1.57 bits per heavy atom. The summed E-state index contributed by atoms with van der Waals surface area (Å²) in [7, 11) is 0.